The molecule has 4 aromatic rings. The van der Waals surface area contributed by atoms with Gasteiger partial charge in [-0.25, -0.2) is 0 Å². The summed E-state index contributed by atoms with van der Waals surface area (Å²) in [4.78, 5) is 46.6. The number of aryl methyl sites for hydroxylation is 3. The van der Waals surface area contributed by atoms with Crippen LogP contribution >= 0.6 is 0 Å². The predicted octanol–water partition coefficient (Wildman–Crippen LogP) is 7.50. The van der Waals surface area contributed by atoms with Gasteiger partial charge in [0.05, 0.1) is 12.0 Å². The minimum absolute atomic E-state index is 0.163. The summed E-state index contributed by atoms with van der Waals surface area (Å²) < 4.78 is 0. The standard InChI is InChI=1S/C39H36N2O3/c1-5-8-26-14-18-27(19-15-26)36(42)34-35(37(43)28-16-11-23(2)12-17-28)41-32-20-13-24(3)21-29(32)25(4)22-33(41)39(34)30-9-6-7-10-31(30)40-38(39)44/h6-7,9-22,33-35H,5,8H2,1-4H3,(H,40,44)/t33-,34-,35+,39+/m0/s1. The molecular weight excluding hydrogens is 544 g/mol. The topological polar surface area (TPSA) is 66.5 Å². The zero-order valence-corrected chi connectivity index (χ0v) is 25.6. The molecule has 1 N–H and O–H groups in total. The maximum Gasteiger partial charge on any atom is 0.238 e. The number of rotatable bonds is 6. The molecule has 1 saturated heterocycles. The van der Waals surface area contributed by atoms with Gasteiger partial charge in [-0.05, 0) is 62.1 Å². The quantitative estimate of drug-likeness (QED) is 0.240. The van der Waals surface area contributed by atoms with Crippen molar-refractivity contribution in [3.05, 3.63) is 136 Å². The van der Waals surface area contributed by atoms with Crippen LogP contribution < -0.4 is 10.2 Å². The van der Waals surface area contributed by atoms with Gasteiger partial charge in [-0.3, -0.25) is 14.4 Å². The number of hydrogen-bond acceptors (Lipinski definition) is 4. The second kappa shape index (κ2) is 10.4. The van der Waals surface area contributed by atoms with Crippen molar-refractivity contribution in [3.63, 3.8) is 0 Å². The Morgan fingerprint density at radius 2 is 1.48 bits per heavy atom. The van der Waals surface area contributed by atoms with Gasteiger partial charge in [0.1, 0.15) is 11.5 Å². The highest BCUT2D eigenvalue weighted by atomic mass is 16.2. The van der Waals surface area contributed by atoms with Gasteiger partial charge in [-0.1, -0.05) is 103 Å². The van der Waals surface area contributed by atoms with Crippen LogP contribution in [0.2, 0.25) is 0 Å². The summed E-state index contributed by atoms with van der Waals surface area (Å²) in [6, 6.07) is 27.6. The molecule has 4 aromatic carbocycles. The Morgan fingerprint density at radius 1 is 0.818 bits per heavy atom. The van der Waals surface area contributed by atoms with Crippen molar-refractivity contribution in [3.8, 4) is 0 Å². The molecule has 44 heavy (non-hydrogen) atoms. The summed E-state index contributed by atoms with van der Waals surface area (Å²) in [5.41, 5.74) is 7.40. The number of amides is 1. The smallest absolute Gasteiger partial charge is 0.238 e. The molecule has 4 atom stereocenters. The molecule has 0 aliphatic carbocycles. The van der Waals surface area contributed by atoms with Crippen LogP contribution in [0.15, 0.2) is 97.1 Å². The Kier molecular flexibility index (Phi) is 6.65. The van der Waals surface area contributed by atoms with Crippen LogP contribution in [0.4, 0.5) is 11.4 Å². The fourth-order valence-electron chi connectivity index (χ4n) is 7.74. The van der Waals surface area contributed by atoms with E-state index in [-0.39, 0.29) is 17.5 Å². The summed E-state index contributed by atoms with van der Waals surface area (Å²) in [5, 5.41) is 3.12. The highest BCUT2D eigenvalue weighted by molar-refractivity contribution is 6.18. The second-order valence-corrected chi connectivity index (χ2v) is 12.6. The van der Waals surface area contributed by atoms with Crippen LogP contribution in [0.3, 0.4) is 0 Å². The number of benzene rings is 4. The lowest BCUT2D eigenvalue weighted by Crippen LogP contribution is -2.51. The SMILES string of the molecule is CCCc1ccc(C(=O)[C@@H]2[C@H](C(=O)c3ccc(C)cc3)N3c4ccc(C)cc4C(C)=C[C@H]3[C@@]23C(=O)Nc2ccccc23)cc1. The first kappa shape index (κ1) is 28.0. The fraction of sp³-hybridized carbons (Fsp3) is 0.256. The van der Waals surface area contributed by atoms with Gasteiger partial charge in [0.15, 0.2) is 11.6 Å². The average molecular weight is 581 g/mol. The molecule has 7 rings (SSSR count). The van der Waals surface area contributed by atoms with E-state index >= 15 is 4.79 Å². The maximum absolute atomic E-state index is 15.0. The number of allylic oxidation sites excluding steroid dienone is 1. The molecule has 3 aliphatic rings. The maximum atomic E-state index is 15.0. The first-order chi connectivity index (χ1) is 21.2. The summed E-state index contributed by atoms with van der Waals surface area (Å²) in [5.74, 6) is -1.57. The summed E-state index contributed by atoms with van der Waals surface area (Å²) in [7, 11) is 0. The molecule has 5 heteroatoms. The van der Waals surface area contributed by atoms with Gasteiger partial charge >= 0.3 is 0 Å². The van der Waals surface area contributed by atoms with E-state index in [9.17, 15) is 9.59 Å². The van der Waals surface area contributed by atoms with Gasteiger partial charge in [0, 0.05) is 28.1 Å². The molecule has 1 fully saturated rings. The van der Waals surface area contributed by atoms with E-state index in [0.717, 1.165) is 51.9 Å². The molecule has 0 bridgehead atoms. The highest BCUT2D eigenvalue weighted by Gasteiger charge is 2.70. The molecule has 0 radical (unpaired) electrons. The number of hydrogen-bond donors (Lipinski definition) is 1. The van der Waals surface area contributed by atoms with Crippen molar-refractivity contribution in [2.45, 2.75) is 58.0 Å². The molecule has 220 valence electrons. The van der Waals surface area contributed by atoms with Crippen molar-refractivity contribution in [2.75, 3.05) is 10.2 Å². The van der Waals surface area contributed by atoms with E-state index in [0.29, 0.717) is 16.8 Å². The van der Waals surface area contributed by atoms with E-state index in [2.05, 4.69) is 43.1 Å². The van der Waals surface area contributed by atoms with Gasteiger partial charge in [0.2, 0.25) is 5.91 Å². The minimum atomic E-state index is -1.31. The van der Waals surface area contributed by atoms with Gasteiger partial charge in [0.25, 0.3) is 0 Å². The third-order valence-electron chi connectivity index (χ3n) is 9.80. The predicted molar refractivity (Wildman–Crippen MR) is 175 cm³/mol. The average Bonchev–Trinajstić information content (AvgIpc) is 3.49. The lowest BCUT2D eigenvalue weighted by molar-refractivity contribution is -0.121. The highest BCUT2D eigenvalue weighted by Crippen LogP contribution is 2.59. The summed E-state index contributed by atoms with van der Waals surface area (Å²) in [6.45, 7) is 8.22. The van der Waals surface area contributed by atoms with Crippen LogP contribution in [0.25, 0.3) is 5.57 Å². The second-order valence-electron chi connectivity index (χ2n) is 12.6. The normalized spacial score (nSPS) is 23.1. The molecular formula is C39H36N2O3. The Bertz CT molecular complexity index is 1850. The van der Waals surface area contributed by atoms with E-state index < -0.39 is 23.4 Å². The number of Topliss-reactive ketones (excluding diaryl/α,β-unsaturated/α-hetero) is 2. The van der Waals surface area contributed by atoms with Crippen molar-refractivity contribution in [1.82, 2.24) is 0 Å². The van der Waals surface area contributed by atoms with E-state index in [4.69, 9.17) is 0 Å². The monoisotopic (exact) mass is 580 g/mol. The fourth-order valence-corrected chi connectivity index (χ4v) is 7.74. The Morgan fingerprint density at radius 3 is 2.20 bits per heavy atom. The molecule has 1 spiro atoms. The van der Waals surface area contributed by atoms with Gasteiger partial charge in [-0.15, -0.1) is 0 Å². The number of fused-ring (bicyclic) bond motifs is 6. The van der Waals surface area contributed by atoms with Crippen LogP contribution in [0, 0.1) is 19.8 Å². The van der Waals surface area contributed by atoms with Crippen LogP contribution in [0.5, 0.6) is 0 Å². The lowest BCUT2D eigenvalue weighted by atomic mass is 9.64. The Balaban J connectivity index is 1.52. The number of nitrogens with one attached hydrogen (secondary N) is 1. The molecule has 0 unspecified atom stereocenters. The number of carbonyl (C=O) groups is 3. The number of nitrogens with zero attached hydrogens (tertiary/aromatic N) is 1. The van der Waals surface area contributed by atoms with Crippen LogP contribution in [-0.2, 0) is 16.6 Å². The molecule has 0 aromatic heterocycles. The van der Waals surface area contributed by atoms with Crippen LogP contribution in [-0.4, -0.2) is 29.6 Å². The Hall–Kier alpha value is -4.77. The van der Waals surface area contributed by atoms with Crippen LogP contribution in [0.1, 0.15) is 68.8 Å². The minimum Gasteiger partial charge on any atom is -0.352 e. The first-order valence-corrected chi connectivity index (χ1v) is 15.5. The van der Waals surface area contributed by atoms with Crippen molar-refractivity contribution in [1.29, 1.82) is 0 Å². The summed E-state index contributed by atoms with van der Waals surface area (Å²) >= 11 is 0. The largest absolute Gasteiger partial charge is 0.352 e. The molecule has 0 saturated carbocycles. The van der Waals surface area contributed by atoms with Gasteiger partial charge < -0.3 is 10.2 Å². The van der Waals surface area contributed by atoms with E-state index in [1.807, 2.05) is 91.9 Å². The number of anilines is 2. The summed E-state index contributed by atoms with van der Waals surface area (Å²) in [6.07, 6.45) is 4.03. The van der Waals surface area contributed by atoms with Crippen molar-refractivity contribution >= 4 is 34.4 Å². The zero-order valence-electron chi connectivity index (χ0n) is 25.6. The van der Waals surface area contributed by atoms with Crippen molar-refractivity contribution < 1.29 is 14.4 Å². The molecule has 1 amide bonds. The van der Waals surface area contributed by atoms with E-state index in [1.165, 1.54) is 0 Å². The molecule has 5 nitrogen and oxygen atoms in total. The van der Waals surface area contributed by atoms with Gasteiger partial charge in [-0.2, -0.15) is 0 Å². The lowest BCUT2D eigenvalue weighted by Gasteiger charge is -2.39. The third-order valence-corrected chi connectivity index (χ3v) is 9.80. The zero-order chi connectivity index (χ0) is 30.7. The molecule has 3 heterocycles. The number of para-hydroxylation sites is 1. The first-order valence-electron chi connectivity index (χ1n) is 15.5. The molecule has 3 aliphatic heterocycles. The number of ketones is 2. The van der Waals surface area contributed by atoms with Crippen molar-refractivity contribution in [2.24, 2.45) is 5.92 Å². The number of carbonyl (C=O) groups excluding carboxylic acids is 3. The van der Waals surface area contributed by atoms with E-state index in [1.54, 1.807) is 0 Å². The Labute approximate surface area is 258 Å². The third kappa shape index (κ3) is 4.02.